The summed E-state index contributed by atoms with van der Waals surface area (Å²) in [7, 11) is 6.18. The summed E-state index contributed by atoms with van der Waals surface area (Å²) < 4.78 is 4.77. The van der Waals surface area contributed by atoms with Crippen molar-refractivity contribution in [1.29, 1.82) is 0 Å². The van der Waals surface area contributed by atoms with Crippen LogP contribution in [0.3, 0.4) is 0 Å². The van der Waals surface area contributed by atoms with E-state index in [4.69, 9.17) is 10.3 Å². The van der Waals surface area contributed by atoms with Gasteiger partial charge >= 0.3 is 0 Å². The van der Waals surface area contributed by atoms with Crippen LogP contribution in [0.4, 0.5) is 0 Å². The van der Waals surface area contributed by atoms with Gasteiger partial charge < -0.3 is 15.2 Å². The molecule has 0 fully saturated rings. The molecule has 0 aromatic rings. The molecule has 0 heterocycles. The molecule has 0 rings (SSSR count). The van der Waals surface area contributed by atoms with Crippen LogP contribution in [0.2, 0.25) is 0 Å². The Kier molecular flexibility index (Phi) is 5.30. The van der Waals surface area contributed by atoms with E-state index in [1.165, 1.54) is 0 Å². The van der Waals surface area contributed by atoms with Gasteiger partial charge in [-0.1, -0.05) is 0 Å². The first-order valence-corrected chi connectivity index (χ1v) is 3.40. The van der Waals surface area contributed by atoms with Gasteiger partial charge in [-0.15, -0.1) is 0 Å². The third-order valence-corrected chi connectivity index (χ3v) is 1.39. The van der Waals surface area contributed by atoms with Gasteiger partial charge in [-0.2, -0.15) is 0 Å². The first-order valence-electron chi connectivity index (χ1n) is 2.92. The van der Waals surface area contributed by atoms with E-state index in [0.717, 1.165) is 13.0 Å². The van der Waals surface area contributed by atoms with Crippen LogP contribution >= 0.6 is 9.47 Å². The molecule has 0 aromatic carbocycles. The summed E-state index contributed by atoms with van der Waals surface area (Å²) in [4.78, 5) is 2.07. The fraction of sp³-hybridized carbons (Fsp3) is 1.00. The summed E-state index contributed by atoms with van der Waals surface area (Å²) in [6, 6.07) is 0. The minimum absolute atomic E-state index is 0.141. The van der Waals surface area contributed by atoms with Crippen molar-refractivity contribution >= 4 is 9.47 Å². The fourth-order valence-corrected chi connectivity index (χ4v) is 0.590. The molecule has 0 amide bonds. The first-order chi connectivity index (χ1) is 4.16. The molecule has 0 aliphatic heterocycles. The average molecular weight is 150 g/mol. The molecule has 0 aromatic heterocycles. The molecule has 0 aliphatic carbocycles. The topological polar surface area (TPSA) is 38.5 Å². The molecule has 0 saturated carbocycles. The van der Waals surface area contributed by atoms with Crippen molar-refractivity contribution in [3.8, 4) is 0 Å². The fourth-order valence-electron chi connectivity index (χ4n) is 0.453. The lowest BCUT2D eigenvalue weighted by molar-refractivity contribution is 0.214. The standard InChI is InChI=1S/C5H15N2OP/c1-7(2)4-3-5(6)8-9/h5H,3-4,6,9H2,1-2H3. The predicted octanol–water partition coefficient (Wildman–Crippen LogP) is 0.0296. The lowest BCUT2D eigenvalue weighted by Gasteiger charge is -2.12. The van der Waals surface area contributed by atoms with Gasteiger partial charge in [0.15, 0.2) is 0 Å². The number of rotatable bonds is 4. The van der Waals surface area contributed by atoms with E-state index in [9.17, 15) is 0 Å². The van der Waals surface area contributed by atoms with E-state index < -0.39 is 0 Å². The number of nitrogens with zero attached hydrogens (tertiary/aromatic N) is 1. The molecule has 56 valence electrons. The SMILES string of the molecule is CN(C)CCC(N)OP. The molecule has 2 atom stereocenters. The zero-order valence-electron chi connectivity index (χ0n) is 6.00. The minimum Gasteiger partial charge on any atom is -0.348 e. The lowest BCUT2D eigenvalue weighted by atomic mass is 10.4. The quantitative estimate of drug-likeness (QED) is 0.454. The highest BCUT2D eigenvalue weighted by atomic mass is 31.0. The molecule has 9 heavy (non-hydrogen) atoms. The Morgan fingerprint density at radius 2 is 2.22 bits per heavy atom. The molecule has 2 unspecified atom stereocenters. The van der Waals surface area contributed by atoms with Crippen LogP contribution in [-0.4, -0.2) is 31.8 Å². The Morgan fingerprint density at radius 1 is 1.67 bits per heavy atom. The molecule has 0 bridgehead atoms. The third-order valence-electron chi connectivity index (χ3n) is 1.04. The summed E-state index contributed by atoms with van der Waals surface area (Å²) in [5, 5.41) is 0. The summed E-state index contributed by atoms with van der Waals surface area (Å²) >= 11 is 0. The lowest BCUT2D eigenvalue weighted by Crippen LogP contribution is -2.26. The Balaban J connectivity index is 3.06. The van der Waals surface area contributed by atoms with Crippen LogP contribution in [0.25, 0.3) is 0 Å². The van der Waals surface area contributed by atoms with Gasteiger partial charge in [0.05, 0.1) is 0 Å². The minimum atomic E-state index is -0.141. The molecule has 0 radical (unpaired) electrons. The van der Waals surface area contributed by atoms with E-state index in [-0.39, 0.29) is 6.23 Å². The number of nitrogens with two attached hydrogens (primary N) is 1. The van der Waals surface area contributed by atoms with Crippen molar-refractivity contribution in [2.75, 3.05) is 20.6 Å². The molecule has 4 heteroatoms. The maximum absolute atomic E-state index is 5.45. The van der Waals surface area contributed by atoms with Gasteiger partial charge in [-0.3, -0.25) is 0 Å². The smallest absolute Gasteiger partial charge is 0.110 e. The van der Waals surface area contributed by atoms with Gasteiger partial charge in [0, 0.05) is 16.0 Å². The van der Waals surface area contributed by atoms with Crippen molar-refractivity contribution in [2.45, 2.75) is 12.6 Å². The summed E-state index contributed by atoms with van der Waals surface area (Å²) in [6.07, 6.45) is 0.730. The van der Waals surface area contributed by atoms with Crippen LogP contribution in [0.5, 0.6) is 0 Å². The number of hydrogen-bond acceptors (Lipinski definition) is 3. The van der Waals surface area contributed by atoms with Crippen LogP contribution in [-0.2, 0) is 4.52 Å². The molecule has 0 spiro atoms. The summed E-state index contributed by atoms with van der Waals surface area (Å²) in [6.45, 7) is 0.968. The van der Waals surface area contributed by atoms with Gasteiger partial charge in [0.2, 0.25) is 0 Å². The van der Waals surface area contributed by atoms with E-state index in [2.05, 4.69) is 14.4 Å². The zero-order chi connectivity index (χ0) is 7.28. The predicted molar refractivity (Wildman–Crippen MR) is 41.9 cm³/mol. The highest BCUT2D eigenvalue weighted by Gasteiger charge is 1.98. The van der Waals surface area contributed by atoms with Gasteiger partial charge in [0.1, 0.15) is 6.23 Å². The maximum atomic E-state index is 5.45. The number of hydrogen-bond donors (Lipinski definition) is 1. The van der Waals surface area contributed by atoms with Crippen LogP contribution in [0.1, 0.15) is 6.42 Å². The normalized spacial score (nSPS) is 14.3. The summed E-state index contributed by atoms with van der Waals surface area (Å²) in [5.74, 6) is 0. The van der Waals surface area contributed by atoms with Crippen molar-refractivity contribution in [1.82, 2.24) is 4.90 Å². The highest BCUT2D eigenvalue weighted by Crippen LogP contribution is 1.96. The van der Waals surface area contributed by atoms with Gasteiger partial charge in [-0.05, 0) is 20.5 Å². The second-order valence-corrected chi connectivity index (χ2v) is 2.54. The van der Waals surface area contributed by atoms with Crippen LogP contribution < -0.4 is 5.73 Å². The van der Waals surface area contributed by atoms with Crippen molar-refractivity contribution in [2.24, 2.45) is 5.73 Å². The van der Waals surface area contributed by atoms with E-state index in [0.29, 0.717) is 0 Å². The van der Waals surface area contributed by atoms with Gasteiger partial charge in [-0.25, -0.2) is 0 Å². The van der Waals surface area contributed by atoms with E-state index in [1.807, 2.05) is 14.1 Å². The van der Waals surface area contributed by atoms with Crippen molar-refractivity contribution in [3.05, 3.63) is 0 Å². The van der Waals surface area contributed by atoms with E-state index in [1.54, 1.807) is 0 Å². The Bertz CT molecular complexity index is 70.0. The molecular weight excluding hydrogens is 135 g/mol. The van der Waals surface area contributed by atoms with Crippen molar-refractivity contribution < 1.29 is 4.52 Å². The molecule has 3 nitrogen and oxygen atoms in total. The summed E-state index contributed by atoms with van der Waals surface area (Å²) in [5.41, 5.74) is 5.45. The molecular formula is C5H15N2OP. The molecule has 2 N–H and O–H groups in total. The molecule has 0 saturated heterocycles. The monoisotopic (exact) mass is 150 g/mol. The van der Waals surface area contributed by atoms with Crippen LogP contribution in [0.15, 0.2) is 0 Å². The largest absolute Gasteiger partial charge is 0.348 e. The van der Waals surface area contributed by atoms with Gasteiger partial charge in [0.25, 0.3) is 0 Å². The maximum Gasteiger partial charge on any atom is 0.110 e. The third kappa shape index (κ3) is 6.19. The first kappa shape index (κ1) is 9.31. The Hall–Kier alpha value is 0.310. The average Bonchev–Trinajstić information content (AvgIpc) is 1.83. The van der Waals surface area contributed by atoms with E-state index >= 15 is 0 Å². The Morgan fingerprint density at radius 3 is 2.56 bits per heavy atom. The highest BCUT2D eigenvalue weighted by molar-refractivity contribution is 7.09. The second-order valence-electron chi connectivity index (χ2n) is 2.27. The molecule has 0 aliphatic rings. The van der Waals surface area contributed by atoms with Crippen molar-refractivity contribution in [3.63, 3.8) is 0 Å². The van der Waals surface area contributed by atoms with Crippen LogP contribution in [0, 0.1) is 0 Å². The second kappa shape index (κ2) is 5.12. The zero-order valence-corrected chi connectivity index (χ0v) is 7.16. The Labute approximate surface area is 58.8 Å².